The number of hydrogen-bond donors (Lipinski definition) is 1. The molecule has 1 atom stereocenters. The summed E-state index contributed by atoms with van der Waals surface area (Å²) in [4.78, 5) is 39.8. The van der Waals surface area contributed by atoms with Gasteiger partial charge in [-0.05, 0) is 26.7 Å². The molecule has 11 heteroatoms. The molecule has 2 heterocycles. The first-order chi connectivity index (χ1) is 16.0. The first kappa shape index (κ1) is 25.0. The highest BCUT2D eigenvalue weighted by molar-refractivity contribution is 7.14. The molecule has 0 spiro atoms. The number of aromatic nitrogens is 3. The summed E-state index contributed by atoms with van der Waals surface area (Å²) in [7, 11) is 0. The number of esters is 1. The van der Waals surface area contributed by atoms with E-state index in [0.29, 0.717) is 22.3 Å². The number of ether oxygens (including phenoxy) is 1. The van der Waals surface area contributed by atoms with Crippen LogP contribution < -0.4 is 5.32 Å². The summed E-state index contributed by atoms with van der Waals surface area (Å²) in [6, 6.07) is 6.08. The Hall–Kier alpha value is -3.60. The second kappa shape index (κ2) is 10.6. The molecule has 0 aliphatic heterocycles. The number of nitrogens with one attached hydrogen (secondary N) is 1. The van der Waals surface area contributed by atoms with Gasteiger partial charge in [-0.3, -0.25) is 29.7 Å². The molecule has 180 valence electrons. The Morgan fingerprint density at radius 2 is 2.00 bits per heavy atom. The third-order valence-electron chi connectivity index (χ3n) is 5.16. The summed E-state index contributed by atoms with van der Waals surface area (Å²) in [5.74, 6) is -0.614. The zero-order valence-corrected chi connectivity index (χ0v) is 20.5. The van der Waals surface area contributed by atoms with Crippen molar-refractivity contribution in [3.05, 3.63) is 56.7 Å². The molecule has 0 bridgehead atoms. The van der Waals surface area contributed by atoms with Crippen LogP contribution in [0.4, 0.5) is 10.8 Å². The lowest BCUT2D eigenvalue weighted by atomic mass is 10.1. The number of non-ortho nitro benzene ring substituents is 1. The molecule has 2 aromatic heterocycles. The van der Waals surface area contributed by atoms with Crippen LogP contribution in [0.25, 0.3) is 11.3 Å². The van der Waals surface area contributed by atoms with Gasteiger partial charge in [0.05, 0.1) is 22.7 Å². The molecule has 1 unspecified atom stereocenters. The molecule has 1 amide bonds. The van der Waals surface area contributed by atoms with Gasteiger partial charge >= 0.3 is 5.97 Å². The molecule has 3 aromatic rings. The molecule has 1 aromatic carbocycles. The maximum atomic E-state index is 12.5. The van der Waals surface area contributed by atoms with Crippen molar-refractivity contribution < 1.29 is 19.2 Å². The predicted octanol–water partition coefficient (Wildman–Crippen LogP) is 4.30. The van der Waals surface area contributed by atoms with E-state index in [2.05, 4.69) is 29.2 Å². The number of nitro groups is 1. The van der Waals surface area contributed by atoms with Gasteiger partial charge in [-0.15, -0.1) is 11.3 Å². The van der Waals surface area contributed by atoms with Crippen molar-refractivity contribution in [2.45, 2.75) is 53.7 Å². The van der Waals surface area contributed by atoms with Gasteiger partial charge in [-0.1, -0.05) is 26.0 Å². The SMILES string of the molecule is Cc1nn(CC(C)C)c(C)c1CC(=O)OC(C)C(=O)Nc1nc(-c2cccc([N+](=O)[O-])c2)cs1. The van der Waals surface area contributed by atoms with Gasteiger partial charge in [0.15, 0.2) is 11.2 Å². The van der Waals surface area contributed by atoms with E-state index in [1.54, 1.807) is 17.5 Å². The lowest BCUT2D eigenvalue weighted by Gasteiger charge is -2.13. The Balaban J connectivity index is 1.60. The highest BCUT2D eigenvalue weighted by Crippen LogP contribution is 2.27. The standard InChI is InChI=1S/C23H27N5O5S/c1-13(2)11-27-15(4)19(14(3)26-27)10-21(29)33-16(5)22(30)25-23-24-20(12-34-23)17-7-6-8-18(9-17)28(31)32/h6-9,12-13,16H,10-11H2,1-5H3,(H,24,25,30). The fourth-order valence-corrected chi connectivity index (χ4v) is 4.12. The zero-order valence-electron chi connectivity index (χ0n) is 19.7. The monoisotopic (exact) mass is 485 g/mol. The number of amides is 1. The summed E-state index contributed by atoms with van der Waals surface area (Å²) in [5, 5.41) is 20.1. The van der Waals surface area contributed by atoms with E-state index in [0.717, 1.165) is 23.5 Å². The lowest BCUT2D eigenvalue weighted by Crippen LogP contribution is -2.30. The van der Waals surface area contributed by atoms with Crippen molar-refractivity contribution in [2.75, 3.05) is 5.32 Å². The second-order valence-corrected chi connectivity index (χ2v) is 9.23. The quantitative estimate of drug-likeness (QED) is 0.272. The maximum absolute atomic E-state index is 12.5. The van der Waals surface area contributed by atoms with E-state index >= 15 is 0 Å². The Morgan fingerprint density at radius 3 is 2.68 bits per heavy atom. The summed E-state index contributed by atoms with van der Waals surface area (Å²) in [6.45, 7) is 10.2. The minimum Gasteiger partial charge on any atom is -0.452 e. The average molecular weight is 486 g/mol. The lowest BCUT2D eigenvalue weighted by molar-refractivity contribution is -0.384. The van der Waals surface area contributed by atoms with Gasteiger partial charge in [-0.2, -0.15) is 5.10 Å². The Labute approximate surface area is 201 Å². The van der Waals surface area contributed by atoms with Crippen LogP contribution in [0.2, 0.25) is 0 Å². The van der Waals surface area contributed by atoms with Crippen LogP contribution in [0.15, 0.2) is 29.6 Å². The van der Waals surface area contributed by atoms with E-state index in [1.807, 2.05) is 18.5 Å². The molecule has 0 saturated heterocycles. The van der Waals surface area contributed by atoms with Crippen molar-refractivity contribution >= 4 is 34.0 Å². The third-order valence-corrected chi connectivity index (χ3v) is 5.91. The van der Waals surface area contributed by atoms with Crippen molar-refractivity contribution in [3.8, 4) is 11.3 Å². The number of benzene rings is 1. The van der Waals surface area contributed by atoms with Gasteiger partial charge in [-0.25, -0.2) is 4.98 Å². The summed E-state index contributed by atoms with van der Waals surface area (Å²) in [5.41, 5.74) is 3.50. The molecule has 0 aliphatic rings. The topological polar surface area (TPSA) is 129 Å². The number of thiazole rings is 1. The maximum Gasteiger partial charge on any atom is 0.311 e. The number of nitro benzene ring substituents is 1. The van der Waals surface area contributed by atoms with Crippen molar-refractivity contribution in [3.63, 3.8) is 0 Å². The number of anilines is 1. The van der Waals surface area contributed by atoms with Crippen LogP contribution in [0.5, 0.6) is 0 Å². The molecule has 0 radical (unpaired) electrons. The van der Waals surface area contributed by atoms with E-state index in [1.165, 1.54) is 30.4 Å². The number of carbonyl (C=O) groups is 2. The number of carbonyl (C=O) groups excluding carboxylic acids is 2. The Bertz CT molecular complexity index is 1220. The van der Waals surface area contributed by atoms with Gasteiger partial charge in [0, 0.05) is 40.9 Å². The number of rotatable bonds is 9. The Kier molecular flexibility index (Phi) is 7.77. The first-order valence-corrected chi connectivity index (χ1v) is 11.7. The second-order valence-electron chi connectivity index (χ2n) is 8.37. The van der Waals surface area contributed by atoms with Crippen molar-refractivity contribution in [1.82, 2.24) is 14.8 Å². The summed E-state index contributed by atoms with van der Waals surface area (Å²) >= 11 is 1.17. The fraction of sp³-hybridized carbons (Fsp3) is 0.391. The van der Waals surface area contributed by atoms with Gasteiger partial charge in [0.1, 0.15) is 0 Å². The highest BCUT2D eigenvalue weighted by Gasteiger charge is 2.22. The average Bonchev–Trinajstić information content (AvgIpc) is 3.33. The number of hydrogen-bond acceptors (Lipinski definition) is 8. The molecule has 10 nitrogen and oxygen atoms in total. The van der Waals surface area contributed by atoms with E-state index in [4.69, 9.17) is 4.74 Å². The molecular weight excluding hydrogens is 458 g/mol. The minimum absolute atomic E-state index is 0.0293. The normalized spacial score (nSPS) is 11.9. The van der Waals surface area contributed by atoms with Crippen molar-refractivity contribution in [2.24, 2.45) is 5.92 Å². The number of aryl methyl sites for hydroxylation is 1. The summed E-state index contributed by atoms with van der Waals surface area (Å²) < 4.78 is 7.23. The van der Waals surface area contributed by atoms with Crippen LogP contribution in [0, 0.1) is 29.9 Å². The fourth-order valence-electron chi connectivity index (χ4n) is 3.40. The molecule has 1 N–H and O–H groups in total. The van der Waals surface area contributed by atoms with Crippen LogP contribution >= 0.6 is 11.3 Å². The van der Waals surface area contributed by atoms with Crippen molar-refractivity contribution in [1.29, 1.82) is 0 Å². The molecule has 0 fully saturated rings. The Morgan fingerprint density at radius 1 is 1.26 bits per heavy atom. The molecular formula is C23H27N5O5S. The third kappa shape index (κ3) is 6.04. The molecule has 0 saturated carbocycles. The molecule has 34 heavy (non-hydrogen) atoms. The minimum atomic E-state index is -1.02. The van der Waals surface area contributed by atoms with Crippen LogP contribution in [-0.2, 0) is 27.3 Å². The van der Waals surface area contributed by atoms with E-state index in [-0.39, 0.29) is 12.1 Å². The van der Waals surface area contributed by atoms with Crippen LogP contribution in [0.1, 0.15) is 37.7 Å². The van der Waals surface area contributed by atoms with E-state index < -0.39 is 22.9 Å². The van der Waals surface area contributed by atoms with Gasteiger partial charge in [0.2, 0.25) is 0 Å². The largest absolute Gasteiger partial charge is 0.452 e. The van der Waals surface area contributed by atoms with E-state index in [9.17, 15) is 19.7 Å². The molecule has 3 rings (SSSR count). The number of nitrogens with zero attached hydrogens (tertiary/aromatic N) is 4. The van der Waals surface area contributed by atoms with Crippen LogP contribution in [0.3, 0.4) is 0 Å². The van der Waals surface area contributed by atoms with Gasteiger partial charge < -0.3 is 4.74 Å². The van der Waals surface area contributed by atoms with Crippen LogP contribution in [-0.4, -0.2) is 37.7 Å². The zero-order chi connectivity index (χ0) is 25.0. The predicted molar refractivity (Wildman–Crippen MR) is 129 cm³/mol. The van der Waals surface area contributed by atoms with Gasteiger partial charge in [0.25, 0.3) is 11.6 Å². The summed E-state index contributed by atoms with van der Waals surface area (Å²) in [6.07, 6.45) is -0.995. The molecule has 0 aliphatic carbocycles. The highest BCUT2D eigenvalue weighted by atomic mass is 32.1. The first-order valence-electron chi connectivity index (χ1n) is 10.8. The smallest absolute Gasteiger partial charge is 0.311 e.